The van der Waals surface area contributed by atoms with Crippen molar-refractivity contribution in [3.63, 3.8) is 0 Å². The Hall–Kier alpha value is -0.670. The van der Waals surface area contributed by atoms with E-state index in [2.05, 4.69) is 26.7 Å². The van der Waals surface area contributed by atoms with Crippen molar-refractivity contribution in [3.05, 3.63) is 37.0 Å². The van der Waals surface area contributed by atoms with Gasteiger partial charge in [0.05, 0.1) is 6.10 Å². The summed E-state index contributed by atoms with van der Waals surface area (Å²) in [6, 6.07) is 0. The molecule has 2 aliphatic rings. The van der Waals surface area contributed by atoms with Crippen molar-refractivity contribution in [3.8, 4) is 0 Å². The lowest BCUT2D eigenvalue weighted by molar-refractivity contribution is 0.00491. The summed E-state index contributed by atoms with van der Waals surface area (Å²) in [5.41, 5.74) is 2.05. The number of nitrogens with zero attached hydrogens (tertiary/aromatic N) is 2. The third kappa shape index (κ3) is 3.22. The molecule has 4 nitrogen and oxygen atoms in total. The van der Waals surface area contributed by atoms with Gasteiger partial charge in [0.1, 0.15) is 0 Å². The molecule has 0 amide bonds. The predicted octanol–water partition coefficient (Wildman–Crippen LogP) is 4.73. The molecule has 0 aromatic heterocycles. The molecule has 136 valence electrons. The number of rotatable bonds is 5. The average molecular weight is 352 g/mol. The fraction of sp³-hybridized carbons (Fsp3) is 0.684. The zero-order chi connectivity index (χ0) is 18.3. The first-order chi connectivity index (χ1) is 11.1. The van der Waals surface area contributed by atoms with Crippen molar-refractivity contribution in [2.45, 2.75) is 39.7 Å². The van der Waals surface area contributed by atoms with E-state index in [0.29, 0.717) is 0 Å². The van der Waals surface area contributed by atoms with E-state index in [4.69, 9.17) is 4.52 Å². The Labute approximate surface area is 147 Å². The first-order valence-corrected chi connectivity index (χ1v) is 10.3. The van der Waals surface area contributed by atoms with Crippen molar-refractivity contribution in [1.82, 2.24) is 9.34 Å². The van der Waals surface area contributed by atoms with Gasteiger partial charge in [-0.25, -0.2) is 9.34 Å². The molecule has 1 aliphatic carbocycles. The molecule has 24 heavy (non-hydrogen) atoms. The molecule has 0 N–H and O–H groups in total. The summed E-state index contributed by atoms with van der Waals surface area (Å²) >= 11 is 0. The molecule has 2 rings (SSSR count). The van der Waals surface area contributed by atoms with Crippen molar-refractivity contribution in [1.29, 1.82) is 0 Å². The van der Waals surface area contributed by atoms with E-state index in [1.54, 1.807) is 0 Å². The molecule has 0 unspecified atom stereocenters. The highest BCUT2D eigenvalue weighted by Crippen LogP contribution is 2.61. The second kappa shape index (κ2) is 6.92. The molecular formula is C19H33N2O2P. The van der Waals surface area contributed by atoms with Crippen LogP contribution in [-0.4, -0.2) is 42.6 Å². The molecule has 1 saturated carbocycles. The topological polar surface area (TPSA) is 32.8 Å². The van der Waals surface area contributed by atoms with Crippen LogP contribution in [0.15, 0.2) is 37.0 Å². The van der Waals surface area contributed by atoms with Gasteiger partial charge < -0.3 is 4.52 Å². The van der Waals surface area contributed by atoms with Crippen LogP contribution in [0.25, 0.3) is 0 Å². The van der Waals surface area contributed by atoms with E-state index < -0.39 is 7.67 Å². The molecule has 4 atom stereocenters. The van der Waals surface area contributed by atoms with Gasteiger partial charge in [-0.05, 0) is 46.2 Å². The van der Waals surface area contributed by atoms with E-state index in [1.807, 2.05) is 43.4 Å². The number of hydrogen-bond donors (Lipinski definition) is 0. The fourth-order valence-corrected chi connectivity index (χ4v) is 6.36. The zero-order valence-electron chi connectivity index (χ0n) is 15.9. The molecular weight excluding hydrogens is 319 g/mol. The lowest BCUT2D eigenvalue weighted by Crippen LogP contribution is -2.46. The predicted molar refractivity (Wildman–Crippen MR) is 102 cm³/mol. The molecule has 1 heterocycles. The molecule has 5 heteroatoms. The Morgan fingerprint density at radius 2 is 1.75 bits per heavy atom. The quantitative estimate of drug-likeness (QED) is 0.529. The summed E-state index contributed by atoms with van der Waals surface area (Å²) in [7, 11) is 0.769. The number of likely N-dealkylation sites (N-methyl/N-ethyl adjacent to an activating group) is 2. The minimum absolute atomic E-state index is 0.0821. The maximum absolute atomic E-state index is 13.5. The average Bonchev–Trinajstić information content (AvgIpc) is 2.74. The maximum Gasteiger partial charge on any atom is 0.345 e. The van der Waals surface area contributed by atoms with Crippen LogP contribution in [0.3, 0.4) is 0 Å². The van der Waals surface area contributed by atoms with E-state index >= 15 is 0 Å². The lowest BCUT2D eigenvalue weighted by Gasteiger charge is -2.49. The Kier molecular flexibility index (Phi) is 5.66. The Morgan fingerprint density at radius 1 is 1.21 bits per heavy atom. The highest BCUT2D eigenvalue weighted by atomic mass is 31.2. The highest BCUT2D eigenvalue weighted by Gasteiger charge is 2.51. The molecule has 1 saturated heterocycles. The molecule has 0 spiro atoms. The Balaban J connectivity index is 2.45. The monoisotopic (exact) mass is 352 g/mol. The molecule has 0 aromatic carbocycles. The van der Waals surface area contributed by atoms with Gasteiger partial charge in [-0.1, -0.05) is 37.3 Å². The number of allylic oxidation sites excluding steroid dienone is 1. The SMILES string of the molecule is C=C[C@@]1(C)CC[C@H](C(=C)C)[C@@H](OP2(=O)N(C)CCN2C)[C@@H]1C(=C)C. The van der Waals surface area contributed by atoms with Crippen LogP contribution in [0.4, 0.5) is 0 Å². The first-order valence-electron chi connectivity index (χ1n) is 8.73. The van der Waals surface area contributed by atoms with Crippen molar-refractivity contribution in [2.24, 2.45) is 17.3 Å². The van der Waals surface area contributed by atoms with Gasteiger partial charge in [0, 0.05) is 24.9 Å². The van der Waals surface area contributed by atoms with Gasteiger partial charge in [-0.3, -0.25) is 4.57 Å². The van der Waals surface area contributed by atoms with Crippen molar-refractivity contribution in [2.75, 3.05) is 27.2 Å². The Bertz CT molecular complexity index is 574. The second-order valence-corrected chi connectivity index (χ2v) is 10.4. The second-order valence-electron chi connectivity index (χ2n) is 7.85. The van der Waals surface area contributed by atoms with E-state index in [-0.39, 0.29) is 23.4 Å². The van der Waals surface area contributed by atoms with Crippen LogP contribution in [0.5, 0.6) is 0 Å². The molecule has 0 radical (unpaired) electrons. The summed E-state index contributed by atoms with van der Waals surface area (Å²) in [6.45, 7) is 20.3. The first kappa shape index (κ1) is 19.7. The van der Waals surface area contributed by atoms with Crippen LogP contribution in [0.2, 0.25) is 0 Å². The van der Waals surface area contributed by atoms with Crippen LogP contribution < -0.4 is 0 Å². The summed E-state index contributed by atoms with van der Waals surface area (Å²) < 4.78 is 23.7. The van der Waals surface area contributed by atoms with Crippen LogP contribution in [0, 0.1) is 17.3 Å². The van der Waals surface area contributed by atoms with Gasteiger partial charge in [-0.15, -0.1) is 6.58 Å². The fourth-order valence-electron chi connectivity index (χ4n) is 4.25. The van der Waals surface area contributed by atoms with Gasteiger partial charge in [-0.2, -0.15) is 0 Å². The van der Waals surface area contributed by atoms with Crippen LogP contribution in [-0.2, 0) is 9.09 Å². The molecule has 0 bridgehead atoms. The molecule has 1 aliphatic heterocycles. The summed E-state index contributed by atoms with van der Waals surface area (Å²) in [4.78, 5) is 0. The third-order valence-electron chi connectivity index (χ3n) is 5.93. The normalized spacial score (nSPS) is 37.3. The van der Waals surface area contributed by atoms with Gasteiger partial charge in [0.2, 0.25) is 0 Å². The van der Waals surface area contributed by atoms with Gasteiger partial charge in [0.25, 0.3) is 0 Å². The van der Waals surface area contributed by atoms with Crippen molar-refractivity contribution >= 4 is 7.67 Å². The smallest absolute Gasteiger partial charge is 0.301 e. The van der Waals surface area contributed by atoms with Crippen LogP contribution >= 0.6 is 7.67 Å². The van der Waals surface area contributed by atoms with Crippen LogP contribution in [0.1, 0.15) is 33.6 Å². The highest BCUT2D eigenvalue weighted by molar-refractivity contribution is 7.54. The standard InChI is InChI=1S/C19H33N2O2P/c1-9-19(6)11-10-16(14(2)3)18(17(19)15(4)5)23-24(22)20(7)12-13-21(24)8/h9,16-18H,1-2,4,10-13H2,3,5-8H3/t16-,17+,18-,19+/m1/s1. The maximum atomic E-state index is 13.5. The lowest BCUT2D eigenvalue weighted by atomic mass is 9.60. The number of hydrogen-bond acceptors (Lipinski definition) is 2. The van der Waals surface area contributed by atoms with Crippen molar-refractivity contribution < 1.29 is 9.09 Å². The van der Waals surface area contributed by atoms with E-state index in [1.165, 1.54) is 0 Å². The van der Waals surface area contributed by atoms with Gasteiger partial charge >= 0.3 is 7.67 Å². The van der Waals surface area contributed by atoms with E-state index in [0.717, 1.165) is 37.1 Å². The zero-order valence-corrected chi connectivity index (χ0v) is 16.8. The van der Waals surface area contributed by atoms with E-state index in [9.17, 15) is 4.57 Å². The Morgan fingerprint density at radius 3 is 2.17 bits per heavy atom. The summed E-state index contributed by atoms with van der Waals surface area (Å²) in [5.74, 6) is 0.270. The minimum Gasteiger partial charge on any atom is -0.301 e. The summed E-state index contributed by atoms with van der Waals surface area (Å²) in [6.07, 6.45) is 3.82. The third-order valence-corrected chi connectivity index (χ3v) is 8.57. The van der Waals surface area contributed by atoms with Gasteiger partial charge in [0.15, 0.2) is 0 Å². The molecule has 0 aromatic rings. The molecule has 2 fully saturated rings. The largest absolute Gasteiger partial charge is 0.345 e. The minimum atomic E-state index is -2.99. The summed E-state index contributed by atoms with van der Waals surface area (Å²) in [5, 5.41) is 0.